The van der Waals surface area contributed by atoms with Crippen molar-refractivity contribution in [1.29, 1.82) is 0 Å². The lowest BCUT2D eigenvalue weighted by atomic mass is 10.1. The Morgan fingerprint density at radius 2 is 1.77 bits per heavy atom. The maximum Gasteiger partial charge on any atom is 0.244 e. The van der Waals surface area contributed by atoms with Crippen molar-refractivity contribution in [2.75, 3.05) is 33.4 Å². The van der Waals surface area contributed by atoms with E-state index < -0.39 is 10.0 Å². The van der Waals surface area contributed by atoms with E-state index in [1.54, 1.807) is 0 Å². The van der Waals surface area contributed by atoms with Crippen LogP contribution in [0.15, 0.2) is 17.0 Å². The van der Waals surface area contributed by atoms with Gasteiger partial charge in [-0.3, -0.25) is 0 Å². The van der Waals surface area contributed by atoms with E-state index in [0.29, 0.717) is 43.8 Å². The number of piperidine rings is 1. The van der Waals surface area contributed by atoms with Gasteiger partial charge in [-0.25, -0.2) is 8.42 Å². The Bertz CT molecular complexity index is 657. The van der Waals surface area contributed by atoms with Gasteiger partial charge in [0.05, 0.1) is 5.02 Å². The number of sulfonamides is 1. The van der Waals surface area contributed by atoms with Crippen molar-refractivity contribution in [2.24, 2.45) is 0 Å². The highest BCUT2D eigenvalue weighted by Crippen LogP contribution is 2.38. The molecule has 122 valence electrons. The predicted molar refractivity (Wildman–Crippen MR) is 83.3 cm³/mol. The van der Waals surface area contributed by atoms with Gasteiger partial charge in [0.15, 0.2) is 11.5 Å². The maximum atomic E-state index is 12.8. The van der Waals surface area contributed by atoms with Crippen LogP contribution in [-0.4, -0.2) is 52.1 Å². The number of rotatable bonds is 3. The molecule has 0 aliphatic carbocycles. The fraction of sp³-hybridized carbons (Fsp3) is 0.571. The molecule has 0 aromatic heterocycles. The van der Waals surface area contributed by atoms with Crippen molar-refractivity contribution < 1.29 is 17.9 Å². The second-order valence-electron chi connectivity index (χ2n) is 5.39. The van der Waals surface area contributed by atoms with Crippen LogP contribution in [0.1, 0.15) is 12.8 Å². The summed E-state index contributed by atoms with van der Waals surface area (Å²) in [6, 6.07) is 3.35. The molecule has 0 radical (unpaired) electrons. The van der Waals surface area contributed by atoms with Crippen LogP contribution >= 0.6 is 11.6 Å². The Kier molecular flexibility index (Phi) is 4.49. The molecule has 6 nitrogen and oxygen atoms in total. The Hall–Kier alpha value is -1.02. The molecule has 0 spiro atoms. The van der Waals surface area contributed by atoms with Crippen molar-refractivity contribution in [2.45, 2.75) is 23.8 Å². The number of halogens is 1. The summed E-state index contributed by atoms with van der Waals surface area (Å²) in [6.07, 6.45) is 1.58. The summed E-state index contributed by atoms with van der Waals surface area (Å²) in [4.78, 5) is 0.0846. The van der Waals surface area contributed by atoms with E-state index in [4.69, 9.17) is 21.1 Å². The second kappa shape index (κ2) is 6.23. The Balaban J connectivity index is 1.89. The van der Waals surface area contributed by atoms with Crippen molar-refractivity contribution in [1.82, 2.24) is 9.62 Å². The minimum absolute atomic E-state index is 0.0846. The largest absolute Gasteiger partial charge is 0.486 e. The summed E-state index contributed by atoms with van der Waals surface area (Å²) in [5.74, 6) is 0.920. The van der Waals surface area contributed by atoms with Crippen LogP contribution in [0, 0.1) is 0 Å². The van der Waals surface area contributed by atoms with Crippen LogP contribution < -0.4 is 14.8 Å². The molecule has 1 N–H and O–H groups in total. The fourth-order valence-electron chi connectivity index (χ4n) is 2.77. The maximum absolute atomic E-state index is 12.8. The summed E-state index contributed by atoms with van der Waals surface area (Å²) >= 11 is 6.17. The Morgan fingerprint density at radius 1 is 1.18 bits per heavy atom. The minimum atomic E-state index is -3.62. The lowest BCUT2D eigenvalue weighted by Gasteiger charge is -2.31. The van der Waals surface area contributed by atoms with E-state index in [9.17, 15) is 8.42 Å². The Labute approximate surface area is 135 Å². The number of nitrogens with zero attached hydrogens (tertiary/aromatic N) is 1. The number of fused-ring (bicyclic) bond motifs is 1. The van der Waals surface area contributed by atoms with Gasteiger partial charge >= 0.3 is 0 Å². The smallest absolute Gasteiger partial charge is 0.244 e. The number of benzene rings is 1. The van der Waals surface area contributed by atoms with Crippen molar-refractivity contribution >= 4 is 21.6 Å². The van der Waals surface area contributed by atoms with E-state index in [1.165, 1.54) is 16.4 Å². The summed E-state index contributed by atoms with van der Waals surface area (Å²) in [7, 11) is -1.72. The van der Waals surface area contributed by atoms with Gasteiger partial charge in [0.2, 0.25) is 10.0 Å². The van der Waals surface area contributed by atoms with Gasteiger partial charge in [0, 0.05) is 31.3 Å². The molecule has 1 aromatic carbocycles. The first-order chi connectivity index (χ1) is 10.5. The standard InChI is InChI=1S/C14H19ClN2O4S/c1-16-10-2-4-17(5-3-10)22(18,19)14-9-13-12(8-11(14)15)20-6-7-21-13/h8-10,16H,2-7H2,1H3. The highest BCUT2D eigenvalue weighted by molar-refractivity contribution is 7.89. The molecule has 8 heteroatoms. The number of nitrogens with one attached hydrogen (secondary N) is 1. The van der Waals surface area contributed by atoms with Crippen LogP contribution in [0.25, 0.3) is 0 Å². The molecule has 1 aromatic rings. The van der Waals surface area contributed by atoms with E-state index in [-0.39, 0.29) is 9.92 Å². The van der Waals surface area contributed by atoms with Gasteiger partial charge in [-0.05, 0) is 19.9 Å². The number of hydrogen-bond donors (Lipinski definition) is 1. The van der Waals surface area contributed by atoms with E-state index in [0.717, 1.165) is 12.8 Å². The SMILES string of the molecule is CNC1CCN(S(=O)(=O)c2cc3c(cc2Cl)OCCO3)CC1. The van der Waals surface area contributed by atoms with Gasteiger partial charge in [0.25, 0.3) is 0 Å². The monoisotopic (exact) mass is 346 g/mol. The highest BCUT2D eigenvalue weighted by Gasteiger charge is 2.32. The molecule has 22 heavy (non-hydrogen) atoms. The molecule has 1 saturated heterocycles. The van der Waals surface area contributed by atoms with Crippen LogP contribution in [-0.2, 0) is 10.0 Å². The number of ether oxygens (including phenoxy) is 2. The summed E-state index contributed by atoms with van der Waals surface area (Å²) in [6.45, 7) is 1.81. The minimum Gasteiger partial charge on any atom is -0.486 e. The first-order valence-corrected chi connectivity index (χ1v) is 9.10. The molecule has 3 rings (SSSR count). The van der Waals surface area contributed by atoms with Crippen LogP contribution in [0.3, 0.4) is 0 Å². The third-order valence-corrected chi connectivity index (χ3v) is 6.44. The third-order valence-electron chi connectivity index (χ3n) is 4.08. The molecule has 2 aliphatic rings. The molecule has 2 aliphatic heterocycles. The molecular formula is C14H19ClN2O4S. The second-order valence-corrected chi connectivity index (χ2v) is 7.71. The normalized spacial score (nSPS) is 20.1. The predicted octanol–water partition coefficient (Wildman–Crippen LogP) is 1.48. The molecule has 0 amide bonds. The lowest BCUT2D eigenvalue weighted by Crippen LogP contribution is -2.43. The summed E-state index contributed by atoms with van der Waals surface area (Å²) in [5.41, 5.74) is 0. The first-order valence-electron chi connectivity index (χ1n) is 7.29. The zero-order valence-electron chi connectivity index (χ0n) is 12.3. The van der Waals surface area contributed by atoms with Gasteiger partial charge in [-0.1, -0.05) is 11.6 Å². The molecule has 1 fully saturated rings. The van der Waals surface area contributed by atoms with Gasteiger partial charge in [-0.15, -0.1) is 0 Å². The average molecular weight is 347 g/mol. The lowest BCUT2D eigenvalue weighted by molar-refractivity contribution is 0.171. The molecular weight excluding hydrogens is 328 g/mol. The Morgan fingerprint density at radius 3 is 2.36 bits per heavy atom. The zero-order valence-corrected chi connectivity index (χ0v) is 13.9. The van der Waals surface area contributed by atoms with Crippen LogP contribution in [0.4, 0.5) is 0 Å². The topological polar surface area (TPSA) is 67.9 Å². The van der Waals surface area contributed by atoms with Crippen molar-refractivity contribution in [3.05, 3.63) is 17.2 Å². The molecule has 2 heterocycles. The van der Waals surface area contributed by atoms with Crippen LogP contribution in [0.2, 0.25) is 5.02 Å². The molecule has 0 atom stereocenters. The van der Waals surface area contributed by atoms with Crippen molar-refractivity contribution in [3.63, 3.8) is 0 Å². The third kappa shape index (κ3) is 2.90. The zero-order chi connectivity index (χ0) is 15.7. The van der Waals surface area contributed by atoms with Crippen LogP contribution in [0.5, 0.6) is 11.5 Å². The van der Waals surface area contributed by atoms with Crippen molar-refractivity contribution in [3.8, 4) is 11.5 Å². The highest BCUT2D eigenvalue weighted by atomic mass is 35.5. The van der Waals surface area contributed by atoms with Gasteiger partial charge < -0.3 is 14.8 Å². The van der Waals surface area contributed by atoms with Gasteiger partial charge in [-0.2, -0.15) is 4.31 Å². The summed E-state index contributed by atoms with van der Waals surface area (Å²) < 4.78 is 38.0. The average Bonchev–Trinajstić information content (AvgIpc) is 2.54. The van der Waals surface area contributed by atoms with Gasteiger partial charge in [0.1, 0.15) is 18.1 Å². The summed E-state index contributed by atoms with van der Waals surface area (Å²) in [5, 5.41) is 3.35. The first kappa shape index (κ1) is 15.9. The van der Waals surface area contributed by atoms with E-state index >= 15 is 0 Å². The fourth-order valence-corrected chi connectivity index (χ4v) is 4.74. The molecule has 0 saturated carbocycles. The molecule has 0 bridgehead atoms. The van der Waals surface area contributed by atoms with E-state index in [2.05, 4.69) is 5.32 Å². The molecule has 0 unspecified atom stereocenters. The quantitative estimate of drug-likeness (QED) is 0.898. The van der Waals surface area contributed by atoms with E-state index in [1.807, 2.05) is 7.05 Å². The number of hydrogen-bond acceptors (Lipinski definition) is 5.